The Kier molecular flexibility index (Phi) is 5.16. The van der Waals surface area contributed by atoms with Crippen molar-refractivity contribution in [2.24, 2.45) is 5.92 Å². The first kappa shape index (κ1) is 14.6. The molecule has 1 aliphatic rings. The highest BCUT2D eigenvalue weighted by molar-refractivity contribution is 5.79. The molecular weight excluding hydrogens is 257 g/mol. The predicted octanol–water partition coefficient (Wildman–Crippen LogP) is 3.53. The van der Waals surface area contributed by atoms with Gasteiger partial charge in [-0.3, -0.25) is 0 Å². The van der Waals surface area contributed by atoms with Crippen molar-refractivity contribution in [1.29, 1.82) is 0 Å². The van der Waals surface area contributed by atoms with Gasteiger partial charge in [-0.15, -0.1) is 0 Å². The lowest BCUT2D eigenvalue weighted by molar-refractivity contribution is -0.145. The van der Waals surface area contributed by atoms with Crippen molar-refractivity contribution in [3.05, 3.63) is 42.2 Å². The van der Waals surface area contributed by atoms with E-state index < -0.39 is 6.04 Å². The van der Waals surface area contributed by atoms with Crippen LogP contribution in [0.15, 0.2) is 36.4 Å². The molecule has 4 heteroatoms. The van der Waals surface area contributed by atoms with Crippen molar-refractivity contribution in [2.75, 3.05) is 11.9 Å². The van der Waals surface area contributed by atoms with Gasteiger partial charge < -0.3 is 10.1 Å². The van der Waals surface area contributed by atoms with Gasteiger partial charge in [0.2, 0.25) is 0 Å². The minimum Gasteiger partial charge on any atom is -0.464 e. The molecule has 0 bridgehead atoms. The minimum absolute atomic E-state index is 0.138. The Labute approximate surface area is 118 Å². The molecule has 0 spiro atoms. The van der Waals surface area contributed by atoms with Crippen molar-refractivity contribution in [3.8, 4) is 0 Å². The summed E-state index contributed by atoms with van der Waals surface area (Å²) in [5.74, 6) is -0.525. The minimum atomic E-state index is -0.503. The Hall–Kier alpha value is -1.84. The normalized spacial score (nSPS) is 19.4. The quantitative estimate of drug-likeness (QED) is 0.661. The van der Waals surface area contributed by atoms with Crippen LogP contribution in [0.4, 0.5) is 10.1 Å². The number of esters is 1. The van der Waals surface area contributed by atoms with E-state index in [1.165, 1.54) is 6.07 Å². The van der Waals surface area contributed by atoms with Crippen LogP contribution < -0.4 is 5.32 Å². The van der Waals surface area contributed by atoms with E-state index in [0.29, 0.717) is 12.3 Å². The summed E-state index contributed by atoms with van der Waals surface area (Å²) in [4.78, 5) is 12.1. The fourth-order valence-corrected chi connectivity index (χ4v) is 2.47. The standard InChI is InChI=1S/C16H20FNO2/c1-2-20-16(19)15(12-8-4-3-5-9-12)18-14-11-7-6-10-13(14)17/h3-4,6-7,10-12,15,18H,2,5,8-9H2,1H3. The van der Waals surface area contributed by atoms with Crippen LogP contribution >= 0.6 is 0 Å². The second kappa shape index (κ2) is 7.08. The lowest BCUT2D eigenvalue weighted by Gasteiger charge is -2.28. The maximum atomic E-state index is 13.7. The number of halogens is 1. The molecular formula is C16H20FNO2. The van der Waals surface area contributed by atoms with Gasteiger partial charge in [0.1, 0.15) is 11.9 Å². The van der Waals surface area contributed by atoms with Crippen LogP contribution in [0, 0.1) is 11.7 Å². The second-order valence-corrected chi connectivity index (χ2v) is 4.90. The van der Waals surface area contributed by atoms with E-state index in [-0.39, 0.29) is 17.7 Å². The third-order valence-electron chi connectivity index (χ3n) is 3.51. The van der Waals surface area contributed by atoms with Gasteiger partial charge in [0, 0.05) is 0 Å². The zero-order valence-corrected chi connectivity index (χ0v) is 11.6. The van der Waals surface area contributed by atoms with E-state index >= 15 is 0 Å². The largest absolute Gasteiger partial charge is 0.464 e. The summed E-state index contributed by atoms with van der Waals surface area (Å²) in [6, 6.07) is 5.89. The average Bonchev–Trinajstić information content (AvgIpc) is 2.47. The molecule has 3 nitrogen and oxygen atoms in total. The van der Waals surface area contributed by atoms with E-state index in [1.807, 2.05) is 0 Å². The summed E-state index contributed by atoms with van der Waals surface area (Å²) in [6.07, 6.45) is 6.84. The monoisotopic (exact) mass is 277 g/mol. The lowest BCUT2D eigenvalue weighted by Crippen LogP contribution is -2.39. The summed E-state index contributed by atoms with van der Waals surface area (Å²) < 4.78 is 18.9. The summed E-state index contributed by atoms with van der Waals surface area (Å²) in [5, 5.41) is 3.02. The SMILES string of the molecule is CCOC(=O)C(Nc1ccccc1F)C1CC=CCC1. The van der Waals surface area contributed by atoms with Crippen molar-refractivity contribution in [3.63, 3.8) is 0 Å². The van der Waals surface area contributed by atoms with Crippen molar-refractivity contribution >= 4 is 11.7 Å². The Balaban J connectivity index is 2.15. The van der Waals surface area contributed by atoms with Crippen LogP contribution in [-0.2, 0) is 9.53 Å². The first-order valence-corrected chi connectivity index (χ1v) is 7.05. The third-order valence-corrected chi connectivity index (χ3v) is 3.51. The third kappa shape index (κ3) is 3.59. The summed E-state index contributed by atoms with van der Waals surface area (Å²) >= 11 is 0. The number of anilines is 1. The highest BCUT2D eigenvalue weighted by Crippen LogP contribution is 2.26. The van der Waals surface area contributed by atoms with Gasteiger partial charge in [0.15, 0.2) is 0 Å². The van der Waals surface area contributed by atoms with Gasteiger partial charge >= 0.3 is 5.97 Å². The lowest BCUT2D eigenvalue weighted by atomic mass is 9.87. The Morgan fingerprint density at radius 1 is 1.45 bits per heavy atom. The number of carbonyl (C=O) groups is 1. The van der Waals surface area contributed by atoms with Crippen LogP contribution in [0.2, 0.25) is 0 Å². The van der Waals surface area contributed by atoms with Gasteiger partial charge in [-0.1, -0.05) is 24.3 Å². The van der Waals surface area contributed by atoms with Crippen molar-refractivity contribution in [1.82, 2.24) is 0 Å². The zero-order valence-electron chi connectivity index (χ0n) is 11.6. The molecule has 0 radical (unpaired) electrons. The number of rotatable bonds is 5. The number of para-hydroxylation sites is 1. The highest BCUT2D eigenvalue weighted by Gasteiger charge is 2.30. The predicted molar refractivity (Wildman–Crippen MR) is 76.9 cm³/mol. The topological polar surface area (TPSA) is 38.3 Å². The molecule has 2 unspecified atom stereocenters. The van der Waals surface area contributed by atoms with E-state index in [2.05, 4.69) is 17.5 Å². The molecule has 2 atom stereocenters. The Bertz CT molecular complexity index is 487. The molecule has 0 saturated carbocycles. The van der Waals surface area contributed by atoms with Gasteiger partial charge in [0.05, 0.1) is 12.3 Å². The second-order valence-electron chi connectivity index (χ2n) is 4.90. The maximum absolute atomic E-state index is 13.7. The maximum Gasteiger partial charge on any atom is 0.328 e. The number of allylic oxidation sites excluding steroid dienone is 2. The van der Waals surface area contributed by atoms with Gasteiger partial charge in [0.25, 0.3) is 0 Å². The van der Waals surface area contributed by atoms with Crippen LogP contribution in [0.25, 0.3) is 0 Å². The summed E-state index contributed by atoms with van der Waals surface area (Å²) in [6.45, 7) is 2.11. The van der Waals surface area contributed by atoms with Crippen molar-refractivity contribution < 1.29 is 13.9 Å². The van der Waals surface area contributed by atoms with E-state index in [1.54, 1.807) is 25.1 Å². The fraction of sp³-hybridized carbons (Fsp3) is 0.438. The van der Waals surface area contributed by atoms with Gasteiger partial charge in [-0.2, -0.15) is 0 Å². The number of ether oxygens (including phenoxy) is 1. The molecule has 1 N–H and O–H groups in total. The summed E-state index contributed by atoms with van der Waals surface area (Å²) in [7, 11) is 0. The van der Waals surface area contributed by atoms with Crippen LogP contribution in [0.3, 0.4) is 0 Å². The molecule has 1 aromatic carbocycles. The molecule has 0 heterocycles. The number of nitrogens with one attached hydrogen (secondary N) is 1. The van der Waals surface area contributed by atoms with E-state index in [9.17, 15) is 9.18 Å². The first-order valence-electron chi connectivity index (χ1n) is 7.05. The molecule has 108 valence electrons. The molecule has 1 aliphatic carbocycles. The molecule has 0 aliphatic heterocycles. The first-order chi connectivity index (χ1) is 9.72. The molecule has 0 aromatic heterocycles. The van der Waals surface area contributed by atoms with Crippen LogP contribution in [0.5, 0.6) is 0 Å². The zero-order chi connectivity index (χ0) is 14.4. The van der Waals surface area contributed by atoms with Gasteiger partial charge in [-0.25, -0.2) is 9.18 Å². The highest BCUT2D eigenvalue weighted by atomic mass is 19.1. The molecule has 20 heavy (non-hydrogen) atoms. The summed E-state index contributed by atoms with van der Waals surface area (Å²) in [5.41, 5.74) is 0.347. The molecule has 0 amide bonds. The van der Waals surface area contributed by atoms with Crippen LogP contribution in [-0.4, -0.2) is 18.6 Å². The molecule has 0 saturated heterocycles. The number of benzene rings is 1. The van der Waals surface area contributed by atoms with Crippen LogP contribution in [0.1, 0.15) is 26.2 Å². The van der Waals surface area contributed by atoms with Crippen molar-refractivity contribution in [2.45, 2.75) is 32.2 Å². The fourth-order valence-electron chi connectivity index (χ4n) is 2.47. The average molecular weight is 277 g/mol. The number of hydrogen-bond acceptors (Lipinski definition) is 3. The number of carbonyl (C=O) groups excluding carboxylic acids is 1. The molecule has 1 aromatic rings. The molecule has 0 fully saturated rings. The smallest absolute Gasteiger partial charge is 0.328 e. The van der Waals surface area contributed by atoms with Gasteiger partial charge in [-0.05, 0) is 44.2 Å². The Morgan fingerprint density at radius 2 is 2.25 bits per heavy atom. The molecule has 2 rings (SSSR count). The number of hydrogen-bond donors (Lipinski definition) is 1. The van der Waals surface area contributed by atoms with E-state index in [0.717, 1.165) is 19.3 Å². The van der Waals surface area contributed by atoms with E-state index in [4.69, 9.17) is 4.74 Å². The Morgan fingerprint density at radius 3 is 2.90 bits per heavy atom.